The van der Waals surface area contributed by atoms with E-state index in [1.807, 2.05) is 6.92 Å². The summed E-state index contributed by atoms with van der Waals surface area (Å²) in [7, 11) is 1.46. The maximum absolute atomic E-state index is 12.0. The van der Waals surface area contributed by atoms with Gasteiger partial charge in [-0.15, -0.1) is 0 Å². The summed E-state index contributed by atoms with van der Waals surface area (Å²) in [6.07, 6.45) is 0. The molecule has 2 rings (SSSR count). The Labute approximate surface area is 139 Å². The van der Waals surface area contributed by atoms with Gasteiger partial charge in [-0.1, -0.05) is 23.7 Å². The molecular formula is C17H16ClNO4. The summed E-state index contributed by atoms with van der Waals surface area (Å²) >= 11 is 5.86. The van der Waals surface area contributed by atoms with Gasteiger partial charge in [-0.05, 0) is 42.8 Å². The van der Waals surface area contributed by atoms with E-state index in [0.717, 1.165) is 5.56 Å². The molecule has 0 saturated heterocycles. The fourth-order valence-electron chi connectivity index (χ4n) is 1.98. The van der Waals surface area contributed by atoms with E-state index in [4.69, 9.17) is 21.1 Å². The van der Waals surface area contributed by atoms with Crippen molar-refractivity contribution in [3.05, 3.63) is 58.6 Å². The van der Waals surface area contributed by atoms with Crippen molar-refractivity contribution in [1.29, 1.82) is 0 Å². The molecule has 2 aromatic carbocycles. The van der Waals surface area contributed by atoms with Crippen LogP contribution in [-0.2, 0) is 9.53 Å². The first-order valence-electron chi connectivity index (χ1n) is 6.87. The van der Waals surface area contributed by atoms with Crippen LogP contribution in [0.1, 0.15) is 15.9 Å². The number of nitrogens with one attached hydrogen (secondary N) is 1. The molecule has 0 unspecified atom stereocenters. The largest absolute Gasteiger partial charge is 0.496 e. The molecular weight excluding hydrogens is 318 g/mol. The van der Waals surface area contributed by atoms with Crippen LogP contribution in [0.3, 0.4) is 0 Å². The average Bonchev–Trinajstić information content (AvgIpc) is 2.55. The van der Waals surface area contributed by atoms with E-state index in [9.17, 15) is 9.59 Å². The number of hydrogen-bond donors (Lipinski definition) is 1. The Morgan fingerprint density at radius 1 is 1.17 bits per heavy atom. The fraction of sp³-hybridized carbons (Fsp3) is 0.176. The number of benzene rings is 2. The molecule has 0 aliphatic heterocycles. The molecule has 1 N–H and O–H groups in total. The average molecular weight is 334 g/mol. The Bertz CT molecular complexity index is 730. The van der Waals surface area contributed by atoms with E-state index >= 15 is 0 Å². The van der Waals surface area contributed by atoms with Crippen LogP contribution in [-0.4, -0.2) is 25.6 Å². The molecule has 6 heteroatoms. The highest BCUT2D eigenvalue weighted by atomic mass is 35.5. The van der Waals surface area contributed by atoms with Crippen LogP contribution >= 0.6 is 11.6 Å². The monoisotopic (exact) mass is 333 g/mol. The molecule has 0 aliphatic carbocycles. The van der Waals surface area contributed by atoms with Gasteiger partial charge in [0.2, 0.25) is 0 Å². The van der Waals surface area contributed by atoms with E-state index < -0.39 is 11.9 Å². The van der Waals surface area contributed by atoms with Gasteiger partial charge in [-0.25, -0.2) is 4.79 Å². The van der Waals surface area contributed by atoms with Crippen molar-refractivity contribution in [3.8, 4) is 5.75 Å². The minimum absolute atomic E-state index is 0.269. The molecule has 5 nitrogen and oxygen atoms in total. The third kappa shape index (κ3) is 4.47. The minimum Gasteiger partial charge on any atom is -0.496 e. The summed E-state index contributed by atoms with van der Waals surface area (Å²) in [4.78, 5) is 23.9. The predicted octanol–water partition coefficient (Wildman–Crippen LogP) is 3.45. The van der Waals surface area contributed by atoms with Gasteiger partial charge in [-0.3, -0.25) is 4.79 Å². The van der Waals surface area contributed by atoms with Gasteiger partial charge in [-0.2, -0.15) is 0 Å². The molecule has 0 saturated carbocycles. The molecule has 0 bridgehead atoms. The Hall–Kier alpha value is -2.53. The third-order valence-corrected chi connectivity index (χ3v) is 3.36. The minimum atomic E-state index is -0.620. The first-order chi connectivity index (χ1) is 11.0. The van der Waals surface area contributed by atoms with Crippen molar-refractivity contribution in [2.45, 2.75) is 6.92 Å². The summed E-state index contributed by atoms with van der Waals surface area (Å²) in [5, 5.41) is 3.25. The van der Waals surface area contributed by atoms with Crippen molar-refractivity contribution in [3.63, 3.8) is 0 Å². The SMILES string of the molecule is COc1ccccc1C(=O)OCC(=O)Nc1ccc(Cl)cc1C. The molecule has 0 fully saturated rings. The number of ether oxygens (including phenoxy) is 2. The molecule has 1 amide bonds. The number of esters is 1. The molecule has 0 aromatic heterocycles. The van der Waals surface area contributed by atoms with Crippen molar-refractivity contribution >= 4 is 29.2 Å². The molecule has 120 valence electrons. The number of anilines is 1. The smallest absolute Gasteiger partial charge is 0.342 e. The fourth-order valence-corrected chi connectivity index (χ4v) is 2.20. The Morgan fingerprint density at radius 3 is 2.61 bits per heavy atom. The van der Waals surface area contributed by atoms with Crippen LogP contribution in [0.15, 0.2) is 42.5 Å². The molecule has 0 heterocycles. The molecule has 2 aromatic rings. The maximum atomic E-state index is 12.0. The number of amides is 1. The van der Waals surface area contributed by atoms with Crippen molar-refractivity contribution in [2.75, 3.05) is 19.0 Å². The lowest BCUT2D eigenvalue weighted by molar-refractivity contribution is -0.119. The quantitative estimate of drug-likeness (QED) is 0.851. The van der Waals surface area contributed by atoms with Crippen molar-refractivity contribution < 1.29 is 19.1 Å². The second kappa shape index (κ2) is 7.65. The van der Waals surface area contributed by atoms with Crippen molar-refractivity contribution in [1.82, 2.24) is 0 Å². The molecule has 0 radical (unpaired) electrons. The molecule has 0 atom stereocenters. The standard InChI is InChI=1S/C17H16ClNO4/c1-11-9-12(18)7-8-14(11)19-16(20)10-23-17(21)13-5-3-4-6-15(13)22-2/h3-9H,10H2,1-2H3,(H,19,20). The zero-order chi connectivity index (χ0) is 16.8. The molecule has 0 spiro atoms. The third-order valence-electron chi connectivity index (χ3n) is 3.12. The zero-order valence-corrected chi connectivity index (χ0v) is 13.5. The number of rotatable bonds is 5. The van der Waals surface area contributed by atoms with Gasteiger partial charge in [0.25, 0.3) is 5.91 Å². The number of hydrogen-bond acceptors (Lipinski definition) is 4. The highest BCUT2D eigenvalue weighted by Crippen LogP contribution is 2.20. The summed E-state index contributed by atoms with van der Waals surface area (Å²) in [6, 6.07) is 11.7. The number of halogens is 1. The van der Waals surface area contributed by atoms with Crippen LogP contribution in [0.2, 0.25) is 5.02 Å². The van der Waals surface area contributed by atoms with E-state index in [1.54, 1.807) is 42.5 Å². The van der Waals surface area contributed by atoms with E-state index in [2.05, 4.69) is 5.32 Å². The predicted molar refractivity (Wildman–Crippen MR) is 88.1 cm³/mol. The van der Waals surface area contributed by atoms with Gasteiger partial charge in [0.05, 0.1) is 7.11 Å². The second-order valence-corrected chi connectivity index (χ2v) is 5.22. The van der Waals surface area contributed by atoms with Gasteiger partial charge < -0.3 is 14.8 Å². The van der Waals surface area contributed by atoms with Gasteiger partial charge in [0, 0.05) is 10.7 Å². The van der Waals surface area contributed by atoms with Gasteiger partial charge in [0.15, 0.2) is 6.61 Å². The summed E-state index contributed by atoms with van der Waals surface area (Å²) in [5.74, 6) is -0.657. The number of aryl methyl sites for hydroxylation is 1. The van der Waals surface area contributed by atoms with Crippen LogP contribution < -0.4 is 10.1 Å². The lowest BCUT2D eigenvalue weighted by Gasteiger charge is -2.10. The lowest BCUT2D eigenvalue weighted by Crippen LogP contribution is -2.21. The van der Waals surface area contributed by atoms with Crippen LogP contribution in [0, 0.1) is 6.92 Å². The number of carbonyl (C=O) groups is 2. The Kier molecular flexibility index (Phi) is 5.60. The van der Waals surface area contributed by atoms with Crippen LogP contribution in [0.4, 0.5) is 5.69 Å². The second-order valence-electron chi connectivity index (χ2n) is 4.78. The highest BCUT2D eigenvalue weighted by Gasteiger charge is 2.15. The molecule has 23 heavy (non-hydrogen) atoms. The highest BCUT2D eigenvalue weighted by molar-refractivity contribution is 6.30. The number of carbonyl (C=O) groups excluding carboxylic acids is 2. The van der Waals surface area contributed by atoms with E-state index in [0.29, 0.717) is 16.5 Å². The molecule has 0 aliphatic rings. The Morgan fingerprint density at radius 2 is 1.91 bits per heavy atom. The summed E-state index contributed by atoms with van der Waals surface area (Å²) < 4.78 is 10.1. The topological polar surface area (TPSA) is 64.6 Å². The van der Waals surface area contributed by atoms with Crippen LogP contribution in [0.25, 0.3) is 0 Å². The first-order valence-corrected chi connectivity index (χ1v) is 7.25. The lowest BCUT2D eigenvalue weighted by atomic mass is 10.2. The summed E-state index contributed by atoms with van der Waals surface area (Å²) in [6.45, 7) is 1.43. The van der Waals surface area contributed by atoms with Gasteiger partial charge >= 0.3 is 5.97 Å². The van der Waals surface area contributed by atoms with Gasteiger partial charge in [0.1, 0.15) is 11.3 Å². The van der Waals surface area contributed by atoms with E-state index in [1.165, 1.54) is 7.11 Å². The normalized spacial score (nSPS) is 10.0. The van der Waals surface area contributed by atoms with E-state index in [-0.39, 0.29) is 12.2 Å². The van der Waals surface area contributed by atoms with Crippen molar-refractivity contribution in [2.24, 2.45) is 0 Å². The number of para-hydroxylation sites is 1. The number of methoxy groups -OCH3 is 1. The first kappa shape index (κ1) is 16.8. The summed E-state index contributed by atoms with van der Waals surface area (Å²) in [5.41, 5.74) is 1.71. The maximum Gasteiger partial charge on any atom is 0.342 e. The Balaban J connectivity index is 1.95. The van der Waals surface area contributed by atoms with Crippen LogP contribution in [0.5, 0.6) is 5.75 Å². The zero-order valence-electron chi connectivity index (χ0n) is 12.8.